The number of nitrogens with one attached hydrogen (secondary N) is 1. The lowest BCUT2D eigenvalue weighted by Crippen LogP contribution is -2.64. The highest BCUT2D eigenvalue weighted by Crippen LogP contribution is 2.22. The van der Waals surface area contributed by atoms with E-state index in [0.29, 0.717) is 5.56 Å². The van der Waals surface area contributed by atoms with Crippen molar-refractivity contribution in [3.05, 3.63) is 35.9 Å². The zero-order chi connectivity index (χ0) is 19.3. The highest BCUT2D eigenvalue weighted by atomic mass is 16.7. The Morgan fingerprint density at radius 3 is 2.46 bits per heavy atom. The molecule has 26 heavy (non-hydrogen) atoms. The molecule has 9 nitrogen and oxygen atoms in total. The van der Waals surface area contributed by atoms with E-state index in [1.807, 2.05) is 0 Å². The van der Waals surface area contributed by atoms with Gasteiger partial charge in [-0.25, -0.2) is 4.79 Å². The Morgan fingerprint density at radius 1 is 1.23 bits per heavy atom. The summed E-state index contributed by atoms with van der Waals surface area (Å²) in [5.74, 6) is -1.26. The minimum absolute atomic E-state index is 0.0843. The third-order valence-corrected chi connectivity index (χ3v) is 3.79. The Bertz CT molecular complexity index is 659. The minimum Gasteiger partial charge on any atom is -0.508 e. The number of aliphatic hydroxyl groups excluding tert-OH is 3. The van der Waals surface area contributed by atoms with Gasteiger partial charge in [0.05, 0.1) is 6.61 Å². The van der Waals surface area contributed by atoms with Crippen molar-refractivity contribution in [1.82, 2.24) is 5.32 Å². The number of hydrogen-bond acceptors (Lipinski definition) is 8. The van der Waals surface area contributed by atoms with Crippen molar-refractivity contribution in [2.45, 2.75) is 37.6 Å². The number of aromatic hydroxyl groups is 1. The molecule has 1 aliphatic heterocycles. The number of carbonyl (C=O) groups excluding carboxylic acids is 2. The van der Waals surface area contributed by atoms with Crippen LogP contribution >= 0.6 is 0 Å². The molecule has 1 heterocycles. The van der Waals surface area contributed by atoms with Gasteiger partial charge in [-0.15, -0.1) is 0 Å². The number of hydrogen-bond donors (Lipinski definition) is 5. The molecule has 0 aromatic heterocycles. The third-order valence-electron chi connectivity index (χ3n) is 3.79. The SMILES string of the molecule is CC(=O)N[C@H]1[C@H](OC(=O)/C=C/c2ccc(O)cc2)O[C@H](CO)[C@@H](O)[C@@H]1O. The van der Waals surface area contributed by atoms with Gasteiger partial charge in [0.15, 0.2) is 0 Å². The normalized spacial score (nSPS) is 28.7. The highest BCUT2D eigenvalue weighted by Gasteiger charge is 2.46. The first-order valence-electron chi connectivity index (χ1n) is 7.89. The molecule has 0 saturated carbocycles. The highest BCUT2D eigenvalue weighted by molar-refractivity contribution is 5.87. The summed E-state index contributed by atoms with van der Waals surface area (Å²) in [7, 11) is 0. The molecule has 5 atom stereocenters. The summed E-state index contributed by atoms with van der Waals surface area (Å²) in [5.41, 5.74) is 0.631. The van der Waals surface area contributed by atoms with Crippen LogP contribution in [0.15, 0.2) is 30.3 Å². The number of amides is 1. The van der Waals surface area contributed by atoms with Crippen LogP contribution in [-0.2, 0) is 19.1 Å². The van der Waals surface area contributed by atoms with Crippen molar-refractivity contribution in [3.63, 3.8) is 0 Å². The molecule has 0 aliphatic carbocycles. The summed E-state index contributed by atoms with van der Waals surface area (Å²) >= 11 is 0. The first-order chi connectivity index (χ1) is 12.3. The van der Waals surface area contributed by atoms with Gasteiger partial charge < -0.3 is 35.2 Å². The Kier molecular flexibility index (Phi) is 6.70. The molecule has 2 rings (SSSR count). The molecule has 0 spiro atoms. The van der Waals surface area contributed by atoms with Gasteiger partial charge in [0.1, 0.15) is 30.1 Å². The fourth-order valence-electron chi connectivity index (χ4n) is 2.47. The lowest BCUT2D eigenvalue weighted by molar-refractivity contribution is -0.261. The van der Waals surface area contributed by atoms with Crippen LogP contribution in [0.5, 0.6) is 5.75 Å². The number of rotatable bonds is 5. The van der Waals surface area contributed by atoms with E-state index in [0.717, 1.165) is 6.08 Å². The van der Waals surface area contributed by atoms with Crippen molar-refractivity contribution >= 4 is 18.0 Å². The lowest BCUT2D eigenvalue weighted by atomic mass is 9.97. The van der Waals surface area contributed by atoms with E-state index in [1.165, 1.54) is 25.1 Å². The lowest BCUT2D eigenvalue weighted by Gasteiger charge is -2.41. The molecule has 1 saturated heterocycles. The summed E-state index contributed by atoms with van der Waals surface area (Å²) in [5, 5.41) is 40.8. The minimum atomic E-state index is -1.50. The quantitative estimate of drug-likeness (QED) is 0.325. The van der Waals surface area contributed by atoms with Crippen LogP contribution in [0.4, 0.5) is 0 Å². The van der Waals surface area contributed by atoms with Crippen LogP contribution in [0.1, 0.15) is 12.5 Å². The summed E-state index contributed by atoms with van der Waals surface area (Å²) < 4.78 is 10.4. The summed E-state index contributed by atoms with van der Waals surface area (Å²) in [6, 6.07) is 4.87. The van der Waals surface area contributed by atoms with E-state index in [-0.39, 0.29) is 5.75 Å². The van der Waals surface area contributed by atoms with E-state index < -0.39 is 49.1 Å². The second kappa shape index (κ2) is 8.77. The molecule has 0 radical (unpaired) electrons. The Labute approximate surface area is 149 Å². The van der Waals surface area contributed by atoms with E-state index >= 15 is 0 Å². The number of ether oxygens (including phenoxy) is 2. The molecular formula is C17H21NO8. The Hall–Kier alpha value is -2.46. The zero-order valence-corrected chi connectivity index (χ0v) is 14.0. The third kappa shape index (κ3) is 5.02. The number of phenols is 1. The second-order valence-electron chi connectivity index (χ2n) is 5.79. The van der Waals surface area contributed by atoms with Gasteiger partial charge in [0, 0.05) is 13.0 Å². The van der Waals surface area contributed by atoms with Crippen LogP contribution in [0, 0.1) is 0 Å². The van der Waals surface area contributed by atoms with Crippen molar-refractivity contribution in [2.75, 3.05) is 6.61 Å². The van der Waals surface area contributed by atoms with Gasteiger partial charge in [0.25, 0.3) is 0 Å². The van der Waals surface area contributed by atoms with Crippen molar-refractivity contribution in [1.29, 1.82) is 0 Å². The molecule has 142 valence electrons. The monoisotopic (exact) mass is 367 g/mol. The molecule has 1 fully saturated rings. The summed E-state index contributed by atoms with van der Waals surface area (Å²) in [6.45, 7) is 0.587. The number of phenolic OH excluding ortho intramolecular Hbond substituents is 1. The molecule has 1 amide bonds. The number of aliphatic hydroxyl groups is 3. The first kappa shape index (κ1) is 19.9. The van der Waals surface area contributed by atoms with E-state index in [9.17, 15) is 30.0 Å². The number of esters is 1. The van der Waals surface area contributed by atoms with Crippen LogP contribution in [0.3, 0.4) is 0 Å². The topological polar surface area (TPSA) is 146 Å². The number of benzene rings is 1. The van der Waals surface area contributed by atoms with Gasteiger partial charge in [-0.2, -0.15) is 0 Å². The smallest absolute Gasteiger partial charge is 0.333 e. The standard InChI is InChI=1S/C17H21NO8/c1-9(20)18-14-16(24)15(23)12(8-19)25-17(14)26-13(22)7-4-10-2-5-11(21)6-3-10/h2-7,12,14-17,19,21,23-24H,8H2,1H3,(H,18,20)/b7-4+/t12-,14-,15-,16-,17+/m1/s1. The molecule has 0 bridgehead atoms. The predicted octanol–water partition coefficient (Wildman–Crippen LogP) is -1.11. The van der Waals surface area contributed by atoms with Crippen LogP contribution in [0.25, 0.3) is 6.08 Å². The van der Waals surface area contributed by atoms with Gasteiger partial charge in [0.2, 0.25) is 12.2 Å². The molecule has 5 N–H and O–H groups in total. The summed E-state index contributed by atoms with van der Waals surface area (Å²) in [6.07, 6.45) is -2.98. The Balaban J connectivity index is 2.08. The molecule has 9 heteroatoms. The fraction of sp³-hybridized carbons (Fsp3) is 0.412. The zero-order valence-electron chi connectivity index (χ0n) is 14.0. The van der Waals surface area contributed by atoms with Gasteiger partial charge in [-0.05, 0) is 23.8 Å². The molecule has 0 unspecified atom stereocenters. The maximum absolute atomic E-state index is 12.0. The first-order valence-corrected chi connectivity index (χ1v) is 7.89. The van der Waals surface area contributed by atoms with Gasteiger partial charge in [-0.3, -0.25) is 4.79 Å². The maximum Gasteiger partial charge on any atom is 0.333 e. The molecule has 1 aromatic rings. The predicted molar refractivity (Wildman–Crippen MR) is 88.6 cm³/mol. The van der Waals surface area contributed by atoms with Crippen molar-refractivity contribution in [3.8, 4) is 5.75 Å². The average Bonchev–Trinajstić information content (AvgIpc) is 2.60. The van der Waals surface area contributed by atoms with Gasteiger partial charge >= 0.3 is 5.97 Å². The number of carbonyl (C=O) groups is 2. The van der Waals surface area contributed by atoms with E-state index in [2.05, 4.69) is 5.32 Å². The van der Waals surface area contributed by atoms with Crippen LogP contribution in [0.2, 0.25) is 0 Å². The summed E-state index contributed by atoms with van der Waals surface area (Å²) in [4.78, 5) is 23.3. The molecule has 1 aliphatic rings. The Morgan fingerprint density at radius 2 is 1.88 bits per heavy atom. The van der Waals surface area contributed by atoms with E-state index in [4.69, 9.17) is 9.47 Å². The second-order valence-corrected chi connectivity index (χ2v) is 5.79. The van der Waals surface area contributed by atoms with Crippen LogP contribution < -0.4 is 5.32 Å². The molecule has 1 aromatic carbocycles. The van der Waals surface area contributed by atoms with Gasteiger partial charge in [-0.1, -0.05) is 12.1 Å². The van der Waals surface area contributed by atoms with Crippen molar-refractivity contribution < 1.29 is 39.5 Å². The fourth-order valence-corrected chi connectivity index (χ4v) is 2.47. The van der Waals surface area contributed by atoms with Crippen molar-refractivity contribution in [2.24, 2.45) is 0 Å². The maximum atomic E-state index is 12.0. The van der Waals surface area contributed by atoms with Crippen LogP contribution in [-0.4, -0.2) is 69.6 Å². The average molecular weight is 367 g/mol. The largest absolute Gasteiger partial charge is 0.508 e. The molecular weight excluding hydrogens is 346 g/mol. The van der Waals surface area contributed by atoms with E-state index in [1.54, 1.807) is 12.1 Å².